The number of aromatic nitrogens is 3. The van der Waals surface area contributed by atoms with Crippen molar-refractivity contribution in [2.45, 2.75) is 39.4 Å². The normalized spacial score (nSPS) is 15.8. The monoisotopic (exact) mass is 183 g/mol. The van der Waals surface area contributed by atoms with E-state index >= 15 is 0 Å². The van der Waals surface area contributed by atoms with Crippen molar-refractivity contribution in [3.05, 3.63) is 21.0 Å². The van der Waals surface area contributed by atoms with Crippen LogP contribution < -0.4 is 11.4 Å². The van der Waals surface area contributed by atoms with E-state index in [9.17, 15) is 9.59 Å². The summed E-state index contributed by atoms with van der Waals surface area (Å²) in [6, 6.07) is 0. The summed E-state index contributed by atoms with van der Waals surface area (Å²) in [6.45, 7) is 3.64. The number of nitrogens with zero attached hydrogens (tertiary/aromatic N) is 3. The smallest absolute Gasteiger partial charge is 0.246 e. The van der Waals surface area contributed by atoms with Crippen molar-refractivity contribution in [2.75, 3.05) is 0 Å². The molecule has 5 nitrogen and oxygen atoms in total. The molecule has 1 aliphatic heterocycles. The molecule has 0 N–H and O–H groups in total. The SMILES string of the molecule is CCn1c(=O)n2n(c1=O)CCCC2. The van der Waals surface area contributed by atoms with Gasteiger partial charge >= 0.3 is 11.4 Å². The van der Waals surface area contributed by atoms with Crippen LogP contribution in [0, 0.1) is 0 Å². The van der Waals surface area contributed by atoms with Crippen LogP contribution in [0.2, 0.25) is 0 Å². The maximum Gasteiger partial charge on any atom is 0.347 e. The van der Waals surface area contributed by atoms with Gasteiger partial charge in [-0.05, 0) is 19.8 Å². The van der Waals surface area contributed by atoms with Crippen molar-refractivity contribution in [1.29, 1.82) is 0 Å². The molecule has 13 heavy (non-hydrogen) atoms. The second-order valence-corrected chi connectivity index (χ2v) is 3.26. The quantitative estimate of drug-likeness (QED) is 0.596. The molecule has 0 radical (unpaired) electrons. The molecule has 0 fully saturated rings. The van der Waals surface area contributed by atoms with E-state index in [-0.39, 0.29) is 11.4 Å². The minimum atomic E-state index is -0.160. The summed E-state index contributed by atoms with van der Waals surface area (Å²) in [5, 5.41) is 0. The van der Waals surface area contributed by atoms with Crippen LogP contribution in [0.15, 0.2) is 9.59 Å². The number of hydrogen-bond donors (Lipinski definition) is 0. The van der Waals surface area contributed by atoms with E-state index in [4.69, 9.17) is 0 Å². The van der Waals surface area contributed by atoms with Gasteiger partial charge in [-0.25, -0.2) is 23.5 Å². The molecule has 0 atom stereocenters. The molecule has 0 aliphatic carbocycles. The highest BCUT2D eigenvalue weighted by atomic mass is 16.2. The molecular weight excluding hydrogens is 170 g/mol. The molecule has 1 aromatic rings. The molecule has 2 rings (SSSR count). The molecule has 72 valence electrons. The van der Waals surface area contributed by atoms with Crippen LogP contribution in [0.5, 0.6) is 0 Å². The third-order valence-electron chi connectivity index (χ3n) is 2.50. The molecule has 2 heterocycles. The highest BCUT2D eigenvalue weighted by Crippen LogP contribution is 2.01. The van der Waals surface area contributed by atoms with E-state index in [1.165, 1.54) is 4.57 Å². The van der Waals surface area contributed by atoms with Gasteiger partial charge in [-0.1, -0.05) is 0 Å². The Bertz CT molecular complexity index is 386. The lowest BCUT2D eigenvalue weighted by atomic mass is 10.3. The summed E-state index contributed by atoms with van der Waals surface area (Å²) >= 11 is 0. The summed E-state index contributed by atoms with van der Waals surface area (Å²) in [7, 11) is 0. The Morgan fingerprint density at radius 1 is 1.08 bits per heavy atom. The molecule has 0 aromatic carbocycles. The molecule has 5 heteroatoms. The van der Waals surface area contributed by atoms with Crippen molar-refractivity contribution < 1.29 is 0 Å². The summed E-state index contributed by atoms with van der Waals surface area (Å²) in [5.74, 6) is 0. The van der Waals surface area contributed by atoms with E-state index in [1.807, 2.05) is 6.92 Å². The predicted octanol–water partition coefficient (Wildman–Crippen LogP) is -0.375. The maximum atomic E-state index is 11.6. The van der Waals surface area contributed by atoms with E-state index < -0.39 is 0 Å². The molecule has 0 saturated heterocycles. The second-order valence-electron chi connectivity index (χ2n) is 3.26. The summed E-state index contributed by atoms with van der Waals surface area (Å²) < 4.78 is 4.38. The standard InChI is InChI=1S/C8H13N3O2/c1-2-9-7(12)10-5-3-4-6-11(10)8(9)13/h2-6H2,1H3. The first-order valence-corrected chi connectivity index (χ1v) is 4.66. The highest BCUT2D eigenvalue weighted by molar-refractivity contribution is 4.76. The first kappa shape index (κ1) is 8.34. The summed E-state index contributed by atoms with van der Waals surface area (Å²) in [4.78, 5) is 23.1. The zero-order valence-corrected chi connectivity index (χ0v) is 7.69. The average molecular weight is 183 g/mol. The fourth-order valence-electron chi connectivity index (χ4n) is 1.79. The summed E-state index contributed by atoms with van der Waals surface area (Å²) in [6.07, 6.45) is 1.99. The van der Waals surface area contributed by atoms with Gasteiger partial charge in [-0.3, -0.25) is 0 Å². The van der Waals surface area contributed by atoms with Gasteiger partial charge < -0.3 is 0 Å². The maximum absolute atomic E-state index is 11.6. The zero-order valence-electron chi connectivity index (χ0n) is 7.69. The van der Waals surface area contributed by atoms with E-state index in [0.717, 1.165) is 12.8 Å². The third-order valence-corrected chi connectivity index (χ3v) is 2.50. The molecule has 0 amide bonds. The van der Waals surface area contributed by atoms with Crippen LogP contribution in [-0.4, -0.2) is 13.9 Å². The Morgan fingerprint density at radius 3 is 1.92 bits per heavy atom. The predicted molar refractivity (Wildman–Crippen MR) is 47.9 cm³/mol. The fourth-order valence-corrected chi connectivity index (χ4v) is 1.79. The Morgan fingerprint density at radius 2 is 1.54 bits per heavy atom. The van der Waals surface area contributed by atoms with E-state index in [1.54, 1.807) is 9.36 Å². The molecule has 0 bridgehead atoms. The van der Waals surface area contributed by atoms with Gasteiger partial charge in [-0.2, -0.15) is 0 Å². The van der Waals surface area contributed by atoms with Crippen LogP contribution in [-0.2, 0) is 19.6 Å². The Labute approximate surface area is 75.2 Å². The van der Waals surface area contributed by atoms with Crippen molar-refractivity contribution in [3.8, 4) is 0 Å². The van der Waals surface area contributed by atoms with Crippen LogP contribution in [0.1, 0.15) is 19.8 Å². The van der Waals surface area contributed by atoms with E-state index in [0.29, 0.717) is 19.6 Å². The van der Waals surface area contributed by atoms with E-state index in [2.05, 4.69) is 0 Å². The Kier molecular flexibility index (Phi) is 1.86. The summed E-state index contributed by atoms with van der Waals surface area (Å²) in [5.41, 5.74) is -0.320. The molecule has 0 saturated carbocycles. The second kappa shape index (κ2) is 2.90. The first-order chi connectivity index (χ1) is 6.25. The zero-order chi connectivity index (χ0) is 9.42. The van der Waals surface area contributed by atoms with Crippen LogP contribution in [0.25, 0.3) is 0 Å². The minimum Gasteiger partial charge on any atom is -0.246 e. The fraction of sp³-hybridized carbons (Fsp3) is 0.750. The number of rotatable bonds is 1. The minimum absolute atomic E-state index is 0.160. The van der Waals surface area contributed by atoms with Crippen LogP contribution >= 0.6 is 0 Å². The van der Waals surface area contributed by atoms with Gasteiger partial charge in [0, 0.05) is 19.6 Å². The molecule has 0 spiro atoms. The average Bonchev–Trinajstić information content (AvgIpc) is 2.41. The molecule has 1 aromatic heterocycles. The lowest BCUT2D eigenvalue weighted by Gasteiger charge is -2.13. The van der Waals surface area contributed by atoms with Crippen molar-refractivity contribution >= 4 is 0 Å². The Hall–Kier alpha value is -1.26. The van der Waals surface area contributed by atoms with Crippen LogP contribution in [0.4, 0.5) is 0 Å². The van der Waals surface area contributed by atoms with Gasteiger partial charge in [0.25, 0.3) is 0 Å². The molecule has 1 aliphatic rings. The number of fused-ring (bicyclic) bond motifs is 1. The lowest BCUT2D eigenvalue weighted by molar-refractivity contribution is 0.348. The van der Waals surface area contributed by atoms with Gasteiger partial charge in [0.2, 0.25) is 0 Å². The number of hydrogen-bond acceptors (Lipinski definition) is 2. The van der Waals surface area contributed by atoms with Crippen molar-refractivity contribution in [1.82, 2.24) is 13.9 Å². The first-order valence-electron chi connectivity index (χ1n) is 4.66. The van der Waals surface area contributed by atoms with Crippen molar-refractivity contribution in [3.63, 3.8) is 0 Å². The topological polar surface area (TPSA) is 48.9 Å². The van der Waals surface area contributed by atoms with Gasteiger partial charge in [0.1, 0.15) is 0 Å². The Balaban J connectivity index is 2.71. The van der Waals surface area contributed by atoms with Gasteiger partial charge in [0.05, 0.1) is 0 Å². The van der Waals surface area contributed by atoms with Crippen LogP contribution in [0.3, 0.4) is 0 Å². The van der Waals surface area contributed by atoms with Gasteiger partial charge in [-0.15, -0.1) is 0 Å². The van der Waals surface area contributed by atoms with Crippen molar-refractivity contribution in [2.24, 2.45) is 0 Å². The largest absolute Gasteiger partial charge is 0.347 e. The lowest BCUT2D eigenvalue weighted by Crippen LogP contribution is -2.30. The molecule has 0 unspecified atom stereocenters. The van der Waals surface area contributed by atoms with Gasteiger partial charge in [0.15, 0.2) is 0 Å². The highest BCUT2D eigenvalue weighted by Gasteiger charge is 2.16. The third kappa shape index (κ3) is 1.07. The molecular formula is C8H13N3O2.